The second kappa shape index (κ2) is 6.66. The van der Waals surface area contributed by atoms with Gasteiger partial charge in [-0.3, -0.25) is 4.99 Å². The summed E-state index contributed by atoms with van der Waals surface area (Å²) in [6.07, 6.45) is 22.0. The number of nitrogens with zero attached hydrogens (tertiary/aromatic N) is 1. The van der Waals surface area contributed by atoms with Gasteiger partial charge in [-0.2, -0.15) is 0 Å². The molecule has 3 nitrogen and oxygen atoms in total. The quantitative estimate of drug-likeness (QED) is 0.837. The molecule has 4 rings (SSSR count). The van der Waals surface area contributed by atoms with E-state index < -0.39 is 0 Å². The van der Waals surface area contributed by atoms with Crippen LogP contribution in [-0.4, -0.2) is 23.8 Å². The predicted octanol–water partition coefficient (Wildman–Crippen LogP) is 3.43. The van der Waals surface area contributed by atoms with Gasteiger partial charge in [-0.05, 0) is 44.3 Å². The van der Waals surface area contributed by atoms with Crippen molar-refractivity contribution in [3.63, 3.8) is 0 Å². The van der Waals surface area contributed by atoms with E-state index in [1.54, 1.807) is 0 Å². The molecule has 5 unspecified atom stereocenters. The molecule has 126 valence electrons. The van der Waals surface area contributed by atoms with Crippen molar-refractivity contribution in [2.75, 3.05) is 0 Å². The first-order valence-corrected chi connectivity index (χ1v) is 9.23. The third-order valence-corrected chi connectivity index (χ3v) is 5.78. The lowest BCUT2D eigenvalue weighted by Gasteiger charge is -2.38. The highest BCUT2D eigenvalue weighted by molar-refractivity contribution is 5.91. The van der Waals surface area contributed by atoms with E-state index in [2.05, 4.69) is 60.8 Å². The Morgan fingerprint density at radius 3 is 3.04 bits per heavy atom. The maximum atomic E-state index is 6.37. The molecule has 0 saturated heterocycles. The molecule has 1 heterocycles. The molecule has 0 aromatic heterocycles. The molecule has 3 heteroatoms. The van der Waals surface area contributed by atoms with Crippen LogP contribution in [0.3, 0.4) is 0 Å². The lowest BCUT2D eigenvalue weighted by Crippen LogP contribution is -2.51. The summed E-state index contributed by atoms with van der Waals surface area (Å²) in [5.74, 6) is 1.01. The van der Waals surface area contributed by atoms with E-state index in [9.17, 15) is 0 Å². The second-order valence-corrected chi connectivity index (χ2v) is 7.38. The first-order chi connectivity index (χ1) is 11.7. The summed E-state index contributed by atoms with van der Waals surface area (Å²) in [6.45, 7) is 2.25. The molecule has 4 aliphatic rings. The van der Waals surface area contributed by atoms with E-state index in [0.29, 0.717) is 23.9 Å². The molecule has 1 aliphatic heterocycles. The van der Waals surface area contributed by atoms with Crippen molar-refractivity contribution in [2.24, 2.45) is 22.6 Å². The Kier molecular flexibility index (Phi) is 4.38. The monoisotopic (exact) mass is 321 g/mol. The van der Waals surface area contributed by atoms with Gasteiger partial charge >= 0.3 is 0 Å². The smallest absolute Gasteiger partial charge is 0.0437 e. The van der Waals surface area contributed by atoms with Gasteiger partial charge in [0.2, 0.25) is 0 Å². The largest absolute Gasteiger partial charge is 0.324 e. The molecule has 0 bridgehead atoms. The molecule has 5 atom stereocenters. The summed E-state index contributed by atoms with van der Waals surface area (Å²) in [5.41, 5.74) is 10.3. The lowest BCUT2D eigenvalue weighted by atomic mass is 9.77. The molecule has 24 heavy (non-hydrogen) atoms. The number of hydrogen-bond acceptors (Lipinski definition) is 3. The van der Waals surface area contributed by atoms with Crippen LogP contribution in [0.25, 0.3) is 0 Å². The van der Waals surface area contributed by atoms with Gasteiger partial charge in [0, 0.05) is 41.4 Å². The van der Waals surface area contributed by atoms with Crippen LogP contribution in [0.1, 0.15) is 32.6 Å². The van der Waals surface area contributed by atoms with E-state index in [1.165, 1.54) is 23.4 Å². The number of nitrogens with one attached hydrogen (secondary N) is 1. The third-order valence-electron chi connectivity index (χ3n) is 5.78. The summed E-state index contributed by atoms with van der Waals surface area (Å²) in [7, 11) is 0. The highest BCUT2D eigenvalue weighted by Gasteiger charge is 2.33. The predicted molar refractivity (Wildman–Crippen MR) is 101 cm³/mol. The maximum absolute atomic E-state index is 6.37. The van der Waals surface area contributed by atoms with E-state index in [-0.39, 0.29) is 6.04 Å². The number of fused-ring (bicyclic) bond motifs is 2. The minimum absolute atomic E-state index is 0.100. The standard InChI is InChI=1S/C21H27N3/c1-14(18-13-12-15-6-2-3-10-19(15)24-18)23-20-11-5-8-16-7-4-9-17(22)21(16)20/h2-5,7-10,14-15,17,20-21,23H,6,11-13,22H2,1H3. The molecule has 3 aliphatic carbocycles. The van der Waals surface area contributed by atoms with E-state index in [1.807, 2.05) is 0 Å². The van der Waals surface area contributed by atoms with Crippen molar-refractivity contribution in [3.05, 3.63) is 59.9 Å². The van der Waals surface area contributed by atoms with Crippen molar-refractivity contribution in [2.45, 2.75) is 50.7 Å². The van der Waals surface area contributed by atoms with Gasteiger partial charge in [0.05, 0.1) is 0 Å². The molecule has 0 amide bonds. The van der Waals surface area contributed by atoms with Crippen molar-refractivity contribution in [1.82, 2.24) is 5.32 Å². The summed E-state index contributed by atoms with van der Waals surface area (Å²) >= 11 is 0. The molecule has 3 N–H and O–H groups in total. The van der Waals surface area contributed by atoms with Crippen LogP contribution < -0.4 is 11.1 Å². The number of allylic oxidation sites excluding steroid dienone is 7. The van der Waals surface area contributed by atoms with Crippen molar-refractivity contribution in [1.29, 1.82) is 0 Å². The molecule has 0 saturated carbocycles. The van der Waals surface area contributed by atoms with Crippen molar-refractivity contribution >= 4 is 5.71 Å². The fourth-order valence-corrected chi connectivity index (χ4v) is 4.42. The molecule has 0 aromatic rings. The van der Waals surface area contributed by atoms with E-state index >= 15 is 0 Å². The van der Waals surface area contributed by atoms with Gasteiger partial charge < -0.3 is 11.1 Å². The average Bonchev–Trinajstić information content (AvgIpc) is 2.61. The minimum Gasteiger partial charge on any atom is -0.324 e. The molecule has 0 radical (unpaired) electrons. The Labute approximate surface area is 144 Å². The molecule has 0 fully saturated rings. The van der Waals surface area contributed by atoms with Crippen LogP contribution in [0, 0.1) is 11.8 Å². The Morgan fingerprint density at radius 1 is 1.21 bits per heavy atom. The zero-order valence-electron chi connectivity index (χ0n) is 14.4. The maximum Gasteiger partial charge on any atom is 0.0437 e. The summed E-state index contributed by atoms with van der Waals surface area (Å²) in [4.78, 5) is 4.98. The van der Waals surface area contributed by atoms with Gasteiger partial charge in [-0.25, -0.2) is 0 Å². The Hall–Kier alpha value is -1.71. The van der Waals surface area contributed by atoms with Gasteiger partial charge in [-0.1, -0.05) is 42.5 Å². The van der Waals surface area contributed by atoms with E-state index in [4.69, 9.17) is 10.7 Å². The molecular formula is C21H27N3. The second-order valence-electron chi connectivity index (χ2n) is 7.38. The van der Waals surface area contributed by atoms with E-state index in [0.717, 1.165) is 19.3 Å². The fraction of sp³-hybridized carbons (Fsp3) is 0.476. The van der Waals surface area contributed by atoms with Crippen LogP contribution in [0.2, 0.25) is 0 Å². The van der Waals surface area contributed by atoms with Crippen LogP contribution in [0.15, 0.2) is 64.9 Å². The number of rotatable bonds is 3. The van der Waals surface area contributed by atoms with Gasteiger partial charge in [0.25, 0.3) is 0 Å². The molecular weight excluding hydrogens is 294 g/mol. The minimum atomic E-state index is 0.100. The van der Waals surface area contributed by atoms with Crippen LogP contribution in [0.4, 0.5) is 0 Å². The van der Waals surface area contributed by atoms with Gasteiger partial charge in [0.1, 0.15) is 0 Å². The zero-order chi connectivity index (χ0) is 16.5. The van der Waals surface area contributed by atoms with Crippen molar-refractivity contribution in [3.8, 4) is 0 Å². The first kappa shape index (κ1) is 15.8. The topological polar surface area (TPSA) is 50.4 Å². The Balaban J connectivity index is 1.49. The van der Waals surface area contributed by atoms with Gasteiger partial charge in [0.15, 0.2) is 0 Å². The normalized spacial score (nSPS) is 35.5. The highest BCUT2D eigenvalue weighted by atomic mass is 15.0. The third kappa shape index (κ3) is 2.99. The SMILES string of the molecule is CC(NC1CC=CC2=CC=CC(N)C21)C1=NC2=CC=CCC2CC1. The Bertz CT molecular complexity index is 677. The van der Waals surface area contributed by atoms with Crippen LogP contribution in [0.5, 0.6) is 0 Å². The highest BCUT2D eigenvalue weighted by Crippen LogP contribution is 2.33. The zero-order valence-corrected chi connectivity index (χ0v) is 14.4. The first-order valence-electron chi connectivity index (χ1n) is 9.23. The summed E-state index contributed by atoms with van der Waals surface area (Å²) in [5, 5.41) is 3.83. The summed E-state index contributed by atoms with van der Waals surface area (Å²) < 4.78 is 0. The van der Waals surface area contributed by atoms with Crippen LogP contribution in [-0.2, 0) is 0 Å². The Morgan fingerprint density at radius 2 is 2.12 bits per heavy atom. The van der Waals surface area contributed by atoms with Crippen molar-refractivity contribution < 1.29 is 0 Å². The van der Waals surface area contributed by atoms with Crippen LogP contribution >= 0.6 is 0 Å². The number of hydrogen-bond donors (Lipinski definition) is 2. The fourth-order valence-electron chi connectivity index (χ4n) is 4.42. The molecule has 0 spiro atoms. The number of nitrogens with two attached hydrogens (primary N) is 1. The lowest BCUT2D eigenvalue weighted by molar-refractivity contribution is 0.354. The molecule has 0 aromatic carbocycles. The summed E-state index contributed by atoms with van der Waals surface area (Å²) in [6, 6.07) is 0.786. The number of aliphatic imine (C=N–C) groups is 1. The van der Waals surface area contributed by atoms with Gasteiger partial charge in [-0.15, -0.1) is 0 Å². The average molecular weight is 321 g/mol.